The molecule has 0 bridgehead atoms. The summed E-state index contributed by atoms with van der Waals surface area (Å²) in [5.74, 6) is 0.343. The van der Waals surface area contributed by atoms with Gasteiger partial charge in [-0.15, -0.1) is 11.8 Å². The van der Waals surface area contributed by atoms with Crippen molar-refractivity contribution in [2.24, 2.45) is 0 Å². The van der Waals surface area contributed by atoms with Crippen LogP contribution in [0.25, 0.3) is 0 Å². The molecule has 0 radical (unpaired) electrons. The maximum absolute atomic E-state index is 12.6. The average Bonchev–Trinajstić information content (AvgIpc) is 2.63. The zero-order valence-electron chi connectivity index (χ0n) is 13.0. The summed E-state index contributed by atoms with van der Waals surface area (Å²) in [6, 6.07) is 9.27. The van der Waals surface area contributed by atoms with E-state index in [9.17, 15) is 23.7 Å². The van der Waals surface area contributed by atoms with Gasteiger partial charge in [0.25, 0.3) is 0 Å². The van der Waals surface area contributed by atoms with Crippen LogP contribution in [0.1, 0.15) is 0 Å². The van der Waals surface area contributed by atoms with E-state index < -0.39 is 33.6 Å². The van der Waals surface area contributed by atoms with Gasteiger partial charge in [0.1, 0.15) is 18.0 Å². The minimum Gasteiger partial charge on any atom is -0.475 e. The molecule has 1 fully saturated rings. The number of nitrogens with zero attached hydrogens (tertiary/aromatic N) is 1. The van der Waals surface area contributed by atoms with Crippen molar-refractivity contribution in [3.63, 3.8) is 0 Å². The molecule has 1 aliphatic rings. The van der Waals surface area contributed by atoms with E-state index in [1.54, 1.807) is 18.2 Å². The standard InChI is InChI=1S/C16H17NO6S2/c18-13-9-24-16(15(20)14(13)19)23-10-6-12(8-17-7-10)25(21,22)11-4-2-1-3-5-11/h1-8,13-16,18-20H,9H2/t13-,14+,15-,16-/m1/s1. The van der Waals surface area contributed by atoms with Crippen LogP contribution in [0.4, 0.5) is 0 Å². The highest BCUT2D eigenvalue weighted by Crippen LogP contribution is 2.30. The Morgan fingerprint density at radius 3 is 2.48 bits per heavy atom. The number of hydrogen-bond acceptors (Lipinski definition) is 8. The second-order valence-corrected chi connectivity index (χ2v) is 8.62. The molecule has 3 rings (SSSR count). The molecule has 25 heavy (non-hydrogen) atoms. The highest BCUT2D eigenvalue weighted by molar-refractivity contribution is 7.99. The Morgan fingerprint density at radius 1 is 1.04 bits per heavy atom. The minimum absolute atomic E-state index is 0.0351. The van der Waals surface area contributed by atoms with Gasteiger partial charge in [-0.1, -0.05) is 18.2 Å². The van der Waals surface area contributed by atoms with Crippen molar-refractivity contribution in [3.05, 3.63) is 48.8 Å². The van der Waals surface area contributed by atoms with Crippen LogP contribution < -0.4 is 4.74 Å². The molecule has 3 N–H and O–H groups in total. The summed E-state index contributed by atoms with van der Waals surface area (Å²) in [4.78, 5) is 4.00. The van der Waals surface area contributed by atoms with Gasteiger partial charge in [0.05, 0.1) is 22.1 Å². The van der Waals surface area contributed by atoms with Crippen molar-refractivity contribution in [2.45, 2.75) is 33.5 Å². The zero-order chi connectivity index (χ0) is 18.0. The van der Waals surface area contributed by atoms with Gasteiger partial charge in [-0.25, -0.2) is 8.42 Å². The number of aromatic nitrogens is 1. The number of benzene rings is 1. The van der Waals surface area contributed by atoms with Gasteiger partial charge in [-0.2, -0.15) is 0 Å². The van der Waals surface area contributed by atoms with Crippen LogP contribution in [-0.4, -0.2) is 58.2 Å². The zero-order valence-corrected chi connectivity index (χ0v) is 14.6. The maximum Gasteiger partial charge on any atom is 0.208 e. The fourth-order valence-electron chi connectivity index (χ4n) is 2.36. The lowest BCUT2D eigenvalue weighted by Crippen LogP contribution is -2.50. The Bertz CT molecular complexity index is 830. The van der Waals surface area contributed by atoms with Gasteiger partial charge in [-0.3, -0.25) is 4.98 Å². The van der Waals surface area contributed by atoms with Crippen LogP contribution in [0.2, 0.25) is 0 Å². The summed E-state index contributed by atoms with van der Waals surface area (Å²) in [6.45, 7) is 0. The minimum atomic E-state index is -3.74. The van der Waals surface area contributed by atoms with Gasteiger partial charge in [-0.05, 0) is 12.1 Å². The number of sulfone groups is 1. The summed E-state index contributed by atoms with van der Waals surface area (Å²) in [5.41, 5.74) is -0.838. The second kappa shape index (κ2) is 7.30. The smallest absolute Gasteiger partial charge is 0.208 e. The summed E-state index contributed by atoms with van der Waals surface area (Å²) < 4.78 is 30.8. The van der Waals surface area contributed by atoms with E-state index in [4.69, 9.17) is 4.74 Å². The van der Waals surface area contributed by atoms with Gasteiger partial charge < -0.3 is 20.1 Å². The quantitative estimate of drug-likeness (QED) is 0.697. The van der Waals surface area contributed by atoms with Crippen molar-refractivity contribution in [2.75, 3.05) is 5.75 Å². The topological polar surface area (TPSA) is 117 Å². The first-order valence-corrected chi connectivity index (χ1v) is 10.0. The van der Waals surface area contributed by atoms with Crippen LogP contribution in [-0.2, 0) is 9.84 Å². The number of aliphatic hydroxyl groups is 3. The maximum atomic E-state index is 12.6. The van der Waals surface area contributed by atoms with Gasteiger partial charge in [0, 0.05) is 18.0 Å². The molecule has 0 saturated carbocycles. The van der Waals surface area contributed by atoms with Crippen molar-refractivity contribution >= 4 is 21.6 Å². The lowest BCUT2D eigenvalue weighted by atomic mass is 10.1. The van der Waals surface area contributed by atoms with Crippen LogP contribution in [0, 0.1) is 0 Å². The Kier molecular flexibility index (Phi) is 5.30. The number of thioether (sulfide) groups is 1. The number of rotatable bonds is 4. The van der Waals surface area contributed by atoms with Gasteiger partial charge in [0.15, 0.2) is 5.44 Å². The summed E-state index contributed by atoms with van der Waals surface area (Å²) in [5, 5.41) is 29.2. The number of ether oxygens (including phenoxy) is 1. The van der Waals surface area contributed by atoms with E-state index in [-0.39, 0.29) is 21.3 Å². The van der Waals surface area contributed by atoms with Gasteiger partial charge in [0.2, 0.25) is 9.84 Å². The van der Waals surface area contributed by atoms with Crippen LogP contribution in [0.15, 0.2) is 58.6 Å². The SMILES string of the molecule is O=S(=O)(c1ccccc1)c1cncc(O[C@@H]2SC[C@@H](O)[C@H](O)[C@H]2O)c1. The number of aliphatic hydroxyl groups excluding tert-OH is 3. The molecule has 0 aliphatic carbocycles. The Hall–Kier alpha value is -1.65. The van der Waals surface area contributed by atoms with Gasteiger partial charge >= 0.3 is 0 Å². The van der Waals surface area contributed by atoms with E-state index in [0.717, 1.165) is 11.8 Å². The average molecular weight is 383 g/mol. The van der Waals surface area contributed by atoms with E-state index in [0.29, 0.717) is 0 Å². The molecule has 134 valence electrons. The molecule has 1 aromatic carbocycles. The molecule has 0 unspecified atom stereocenters. The molecule has 4 atom stereocenters. The monoisotopic (exact) mass is 383 g/mol. The molecule has 7 nitrogen and oxygen atoms in total. The molecule has 1 aromatic heterocycles. The highest BCUT2D eigenvalue weighted by Gasteiger charge is 2.38. The molecule has 9 heteroatoms. The van der Waals surface area contributed by atoms with Crippen molar-refractivity contribution < 1.29 is 28.5 Å². The van der Waals surface area contributed by atoms with E-state index in [2.05, 4.69) is 4.98 Å². The normalized spacial score (nSPS) is 27.0. The Morgan fingerprint density at radius 2 is 1.76 bits per heavy atom. The van der Waals surface area contributed by atoms with Crippen molar-refractivity contribution in [1.82, 2.24) is 4.98 Å². The lowest BCUT2D eigenvalue weighted by molar-refractivity contribution is -0.0786. The molecule has 1 aliphatic heterocycles. The predicted molar refractivity (Wildman–Crippen MR) is 91.0 cm³/mol. The summed E-state index contributed by atoms with van der Waals surface area (Å²) in [7, 11) is -3.74. The first-order chi connectivity index (χ1) is 11.9. The number of pyridine rings is 1. The summed E-state index contributed by atoms with van der Waals surface area (Å²) in [6.07, 6.45) is -1.12. The lowest BCUT2D eigenvalue weighted by Gasteiger charge is -2.34. The van der Waals surface area contributed by atoms with E-state index >= 15 is 0 Å². The molecule has 0 amide bonds. The molecule has 0 spiro atoms. The first-order valence-electron chi connectivity index (χ1n) is 7.47. The van der Waals surface area contributed by atoms with E-state index in [1.165, 1.54) is 30.6 Å². The third kappa shape index (κ3) is 3.80. The van der Waals surface area contributed by atoms with Crippen LogP contribution in [0.3, 0.4) is 0 Å². The third-order valence-corrected chi connectivity index (χ3v) is 6.73. The molecular weight excluding hydrogens is 366 g/mol. The molecule has 2 aromatic rings. The predicted octanol–water partition coefficient (Wildman–Crippen LogP) is 0.449. The third-order valence-electron chi connectivity index (χ3n) is 3.76. The van der Waals surface area contributed by atoms with Crippen LogP contribution in [0.5, 0.6) is 5.75 Å². The fraction of sp³-hybridized carbons (Fsp3) is 0.312. The Balaban J connectivity index is 1.83. The largest absolute Gasteiger partial charge is 0.475 e. The molecule has 2 heterocycles. The first kappa shape index (κ1) is 18.2. The molecular formula is C16H17NO6S2. The fourth-order valence-corrected chi connectivity index (χ4v) is 4.74. The van der Waals surface area contributed by atoms with E-state index in [1.807, 2.05) is 0 Å². The Labute approximate surface area is 149 Å². The van der Waals surface area contributed by atoms with Crippen molar-refractivity contribution in [3.8, 4) is 5.75 Å². The molecule has 1 saturated heterocycles. The highest BCUT2D eigenvalue weighted by atomic mass is 32.2. The second-order valence-electron chi connectivity index (χ2n) is 5.54. The number of hydrogen-bond donors (Lipinski definition) is 3. The summed E-state index contributed by atoms with van der Waals surface area (Å²) >= 11 is 1.13. The van der Waals surface area contributed by atoms with Crippen LogP contribution >= 0.6 is 11.8 Å². The van der Waals surface area contributed by atoms with Crippen molar-refractivity contribution in [1.29, 1.82) is 0 Å².